The molecule has 1 atom stereocenters. The van der Waals surface area contributed by atoms with E-state index >= 15 is 0 Å². The van der Waals surface area contributed by atoms with Gasteiger partial charge in [0.05, 0.1) is 38.6 Å². The molecule has 2 aromatic rings. The minimum absolute atomic E-state index is 0.00688. The fraction of sp³-hybridized carbons (Fsp3) is 0.238. The van der Waals surface area contributed by atoms with E-state index in [4.69, 9.17) is 26.4 Å². The van der Waals surface area contributed by atoms with Crippen molar-refractivity contribution in [2.75, 3.05) is 26.6 Å². The maximum atomic E-state index is 13.3. The van der Waals surface area contributed by atoms with Crippen LogP contribution in [-0.2, 0) is 4.79 Å². The molecule has 30 heavy (non-hydrogen) atoms. The topological polar surface area (TPSA) is 101 Å². The molecule has 0 radical (unpaired) electrons. The molecule has 1 amide bonds. The van der Waals surface area contributed by atoms with Crippen molar-refractivity contribution < 1.29 is 24.1 Å². The molecule has 1 aliphatic rings. The van der Waals surface area contributed by atoms with E-state index in [-0.39, 0.29) is 11.7 Å². The summed E-state index contributed by atoms with van der Waals surface area (Å²) >= 11 is 5.28. The number of nitrogens with one attached hydrogen (secondary N) is 3. The highest BCUT2D eigenvalue weighted by molar-refractivity contribution is 7.80. The Morgan fingerprint density at radius 1 is 1.07 bits per heavy atom. The van der Waals surface area contributed by atoms with E-state index in [2.05, 4.69) is 16.0 Å². The zero-order chi connectivity index (χ0) is 21.8. The van der Waals surface area contributed by atoms with Crippen LogP contribution in [0, 0.1) is 0 Å². The first kappa shape index (κ1) is 21.3. The fourth-order valence-electron chi connectivity index (χ4n) is 3.21. The Bertz CT molecular complexity index is 1020. The number of anilines is 1. The second kappa shape index (κ2) is 8.91. The molecule has 3 rings (SSSR count). The van der Waals surface area contributed by atoms with E-state index in [0.29, 0.717) is 44.9 Å². The van der Waals surface area contributed by atoms with Crippen molar-refractivity contribution in [3.8, 4) is 23.0 Å². The summed E-state index contributed by atoms with van der Waals surface area (Å²) < 4.78 is 15.8. The number of benzene rings is 2. The number of carbonyl (C=O) groups excluding carboxylic acids is 1. The van der Waals surface area contributed by atoms with Crippen molar-refractivity contribution in [3.05, 3.63) is 53.2 Å². The van der Waals surface area contributed by atoms with E-state index in [1.54, 1.807) is 44.4 Å². The minimum Gasteiger partial charge on any atom is -0.504 e. The predicted molar refractivity (Wildman–Crippen MR) is 117 cm³/mol. The van der Waals surface area contributed by atoms with Crippen LogP contribution in [0.2, 0.25) is 0 Å². The molecule has 2 aromatic carbocycles. The lowest BCUT2D eigenvalue weighted by atomic mass is 9.94. The van der Waals surface area contributed by atoms with Crippen LogP contribution in [0.1, 0.15) is 18.5 Å². The monoisotopic (exact) mass is 429 g/mol. The van der Waals surface area contributed by atoms with Gasteiger partial charge in [0.15, 0.2) is 16.6 Å². The second-order valence-electron chi connectivity index (χ2n) is 6.52. The lowest BCUT2D eigenvalue weighted by Gasteiger charge is -2.30. The number of hydrogen-bond acceptors (Lipinski definition) is 6. The molecule has 0 unspecified atom stereocenters. The number of ether oxygens (including phenoxy) is 3. The summed E-state index contributed by atoms with van der Waals surface area (Å²) in [6.07, 6.45) is 0. The van der Waals surface area contributed by atoms with Gasteiger partial charge in [-0.2, -0.15) is 0 Å². The van der Waals surface area contributed by atoms with Crippen LogP contribution in [0.4, 0.5) is 5.69 Å². The Kier molecular flexibility index (Phi) is 6.31. The summed E-state index contributed by atoms with van der Waals surface area (Å²) in [5.41, 5.74) is 2.26. The first-order valence-electron chi connectivity index (χ1n) is 9.06. The van der Waals surface area contributed by atoms with Crippen LogP contribution in [0.25, 0.3) is 0 Å². The maximum Gasteiger partial charge on any atom is 0.255 e. The second-order valence-corrected chi connectivity index (χ2v) is 6.93. The third-order valence-corrected chi connectivity index (χ3v) is 4.93. The van der Waals surface area contributed by atoms with Gasteiger partial charge in [-0.05, 0) is 49.0 Å². The Hall–Kier alpha value is -3.46. The van der Waals surface area contributed by atoms with E-state index in [1.165, 1.54) is 20.3 Å². The van der Waals surface area contributed by atoms with Crippen LogP contribution >= 0.6 is 12.2 Å². The number of phenols is 1. The van der Waals surface area contributed by atoms with Gasteiger partial charge in [0.25, 0.3) is 5.91 Å². The molecule has 158 valence electrons. The number of aromatic hydroxyl groups is 1. The van der Waals surface area contributed by atoms with Gasteiger partial charge in [-0.25, -0.2) is 0 Å². The highest BCUT2D eigenvalue weighted by Gasteiger charge is 2.31. The highest BCUT2D eigenvalue weighted by atomic mass is 32.1. The molecular weight excluding hydrogens is 406 g/mol. The summed E-state index contributed by atoms with van der Waals surface area (Å²) in [7, 11) is 4.53. The van der Waals surface area contributed by atoms with Crippen molar-refractivity contribution in [1.82, 2.24) is 10.6 Å². The Labute approximate surface area is 179 Å². The van der Waals surface area contributed by atoms with Gasteiger partial charge in [0, 0.05) is 11.8 Å². The molecule has 0 bridgehead atoms. The molecule has 1 heterocycles. The molecular formula is C21H23N3O5S. The molecule has 0 saturated carbocycles. The summed E-state index contributed by atoms with van der Waals surface area (Å²) in [6, 6.07) is 9.46. The van der Waals surface area contributed by atoms with Crippen LogP contribution in [0.5, 0.6) is 23.0 Å². The Morgan fingerprint density at radius 2 is 1.80 bits per heavy atom. The molecule has 0 fully saturated rings. The van der Waals surface area contributed by atoms with E-state index in [9.17, 15) is 9.90 Å². The summed E-state index contributed by atoms with van der Waals surface area (Å²) in [5, 5.41) is 19.3. The van der Waals surface area contributed by atoms with Crippen molar-refractivity contribution >= 4 is 28.9 Å². The van der Waals surface area contributed by atoms with Gasteiger partial charge in [-0.15, -0.1) is 0 Å². The minimum atomic E-state index is -0.544. The van der Waals surface area contributed by atoms with Gasteiger partial charge < -0.3 is 35.3 Å². The number of amides is 1. The van der Waals surface area contributed by atoms with Crippen molar-refractivity contribution in [2.45, 2.75) is 13.0 Å². The first-order valence-corrected chi connectivity index (χ1v) is 9.47. The average Bonchev–Trinajstić information content (AvgIpc) is 2.73. The molecule has 0 aromatic heterocycles. The van der Waals surface area contributed by atoms with Gasteiger partial charge in [0.2, 0.25) is 0 Å². The van der Waals surface area contributed by atoms with E-state index in [1.807, 2.05) is 0 Å². The summed E-state index contributed by atoms with van der Waals surface area (Å²) in [5.74, 6) is 1.05. The molecule has 1 aliphatic heterocycles. The third kappa shape index (κ3) is 4.25. The standard InChI is InChI=1S/C21H23N3O5S/c1-11-18(20(26)23-14-7-6-13(27-2)10-16(14)28-3)19(24-21(30)22-11)12-5-8-15(25)17(9-12)29-4/h5-10,19,25H,1-4H3,(H,23,26)(H2,22,24,30)/t19-/m1/s1. The Balaban J connectivity index is 1.98. The zero-order valence-electron chi connectivity index (χ0n) is 17.0. The maximum absolute atomic E-state index is 13.3. The molecule has 8 nitrogen and oxygen atoms in total. The molecule has 0 spiro atoms. The van der Waals surface area contributed by atoms with Gasteiger partial charge >= 0.3 is 0 Å². The highest BCUT2D eigenvalue weighted by Crippen LogP contribution is 2.35. The van der Waals surface area contributed by atoms with Crippen molar-refractivity contribution in [2.24, 2.45) is 0 Å². The first-order chi connectivity index (χ1) is 14.4. The third-order valence-electron chi connectivity index (χ3n) is 4.71. The number of rotatable bonds is 6. The number of carbonyl (C=O) groups is 1. The smallest absolute Gasteiger partial charge is 0.255 e. The summed E-state index contributed by atoms with van der Waals surface area (Å²) in [4.78, 5) is 13.3. The zero-order valence-corrected chi connectivity index (χ0v) is 17.8. The number of methoxy groups -OCH3 is 3. The van der Waals surface area contributed by atoms with E-state index < -0.39 is 6.04 Å². The molecule has 9 heteroatoms. The predicted octanol–water partition coefficient (Wildman–Crippen LogP) is 2.85. The lowest BCUT2D eigenvalue weighted by Crippen LogP contribution is -2.45. The van der Waals surface area contributed by atoms with Gasteiger partial charge in [-0.3, -0.25) is 4.79 Å². The van der Waals surface area contributed by atoms with Crippen LogP contribution < -0.4 is 30.2 Å². The number of phenolic OH excluding ortho intramolecular Hbond substituents is 1. The molecule has 0 aliphatic carbocycles. The quantitative estimate of drug-likeness (QED) is 0.520. The fourth-order valence-corrected chi connectivity index (χ4v) is 3.48. The average molecular weight is 429 g/mol. The van der Waals surface area contributed by atoms with Gasteiger partial charge in [0.1, 0.15) is 11.5 Å². The van der Waals surface area contributed by atoms with Crippen LogP contribution in [0.15, 0.2) is 47.7 Å². The Morgan fingerprint density at radius 3 is 2.47 bits per heavy atom. The number of hydrogen-bond donors (Lipinski definition) is 4. The molecule has 0 saturated heterocycles. The van der Waals surface area contributed by atoms with Crippen molar-refractivity contribution in [1.29, 1.82) is 0 Å². The van der Waals surface area contributed by atoms with Gasteiger partial charge in [-0.1, -0.05) is 6.07 Å². The SMILES string of the molecule is COc1ccc(NC(=O)C2=C(C)NC(=S)N[C@@H]2c2ccc(O)c(OC)c2)c(OC)c1. The van der Waals surface area contributed by atoms with E-state index in [0.717, 1.165) is 0 Å². The number of thiocarbonyl (C=S) groups is 1. The van der Waals surface area contributed by atoms with Crippen LogP contribution in [-0.4, -0.2) is 37.5 Å². The van der Waals surface area contributed by atoms with Crippen LogP contribution in [0.3, 0.4) is 0 Å². The lowest BCUT2D eigenvalue weighted by molar-refractivity contribution is -0.113. The normalized spacial score (nSPS) is 15.7. The number of allylic oxidation sites excluding steroid dienone is 1. The summed E-state index contributed by atoms with van der Waals surface area (Å²) in [6.45, 7) is 1.78. The molecule has 4 N–H and O–H groups in total. The largest absolute Gasteiger partial charge is 0.504 e. The van der Waals surface area contributed by atoms with Crippen molar-refractivity contribution in [3.63, 3.8) is 0 Å².